The van der Waals surface area contributed by atoms with Gasteiger partial charge in [0.15, 0.2) is 0 Å². The Labute approximate surface area is 139 Å². The van der Waals surface area contributed by atoms with Crippen LogP contribution in [0.1, 0.15) is 43.4 Å². The molecular formula is C20H28N2O. The van der Waals surface area contributed by atoms with Crippen molar-refractivity contribution >= 4 is 10.9 Å². The van der Waals surface area contributed by atoms with Gasteiger partial charge in [0.05, 0.1) is 12.6 Å². The molecule has 1 aromatic carbocycles. The van der Waals surface area contributed by atoms with Gasteiger partial charge in [-0.1, -0.05) is 18.6 Å². The Morgan fingerprint density at radius 2 is 1.78 bits per heavy atom. The molecular weight excluding hydrogens is 284 g/mol. The van der Waals surface area contributed by atoms with Crippen LogP contribution in [0.25, 0.3) is 10.9 Å². The number of ether oxygens (including phenoxy) is 1. The first-order valence-electron chi connectivity index (χ1n) is 9.28. The molecule has 3 heteroatoms. The van der Waals surface area contributed by atoms with Gasteiger partial charge < -0.3 is 14.2 Å². The molecule has 0 N–H and O–H groups in total. The number of nitrogens with zero attached hydrogens (tertiary/aromatic N) is 2. The van der Waals surface area contributed by atoms with Crippen LogP contribution in [0.5, 0.6) is 5.75 Å². The molecule has 0 radical (unpaired) electrons. The molecule has 0 spiro atoms. The van der Waals surface area contributed by atoms with Crippen molar-refractivity contribution in [3.8, 4) is 5.75 Å². The highest BCUT2D eigenvalue weighted by atomic mass is 16.5. The normalized spacial score (nSPS) is 19.0. The van der Waals surface area contributed by atoms with Crippen molar-refractivity contribution in [1.29, 1.82) is 0 Å². The first kappa shape index (κ1) is 15.1. The summed E-state index contributed by atoms with van der Waals surface area (Å²) < 4.78 is 8.28. The molecule has 0 saturated carbocycles. The quantitative estimate of drug-likeness (QED) is 0.848. The summed E-state index contributed by atoms with van der Waals surface area (Å²) in [7, 11) is 1.80. The number of piperidine rings is 1. The van der Waals surface area contributed by atoms with Crippen LogP contribution in [0.2, 0.25) is 0 Å². The second-order valence-electron chi connectivity index (χ2n) is 7.04. The van der Waals surface area contributed by atoms with Gasteiger partial charge in [-0.3, -0.25) is 0 Å². The van der Waals surface area contributed by atoms with Crippen molar-refractivity contribution < 1.29 is 4.74 Å². The van der Waals surface area contributed by atoms with Gasteiger partial charge in [0.1, 0.15) is 5.75 Å². The van der Waals surface area contributed by atoms with Crippen molar-refractivity contribution in [2.75, 3.05) is 26.7 Å². The third-order valence-corrected chi connectivity index (χ3v) is 5.67. The minimum absolute atomic E-state index is 1.04. The minimum Gasteiger partial charge on any atom is -0.495 e. The first-order valence-corrected chi connectivity index (χ1v) is 9.28. The van der Waals surface area contributed by atoms with Crippen LogP contribution < -0.4 is 4.74 Å². The Bertz CT molecular complexity index is 682. The lowest BCUT2D eigenvalue weighted by Gasteiger charge is -2.27. The second kappa shape index (κ2) is 6.56. The van der Waals surface area contributed by atoms with E-state index in [1.807, 2.05) is 0 Å². The lowest BCUT2D eigenvalue weighted by Crippen LogP contribution is -2.32. The van der Waals surface area contributed by atoms with Crippen LogP contribution in [-0.4, -0.2) is 36.2 Å². The summed E-state index contributed by atoms with van der Waals surface area (Å²) in [6, 6.07) is 6.55. The lowest BCUT2D eigenvalue weighted by molar-refractivity contribution is 0.221. The molecule has 1 aliphatic heterocycles. The Morgan fingerprint density at radius 1 is 0.957 bits per heavy atom. The number of benzene rings is 1. The maximum Gasteiger partial charge on any atom is 0.143 e. The summed E-state index contributed by atoms with van der Waals surface area (Å²) in [5.74, 6) is 1.04. The van der Waals surface area contributed by atoms with E-state index in [2.05, 4.69) is 27.7 Å². The van der Waals surface area contributed by atoms with Crippen LogP contribution in [0.3, 0.4) is 0 Å². The van der Waals surface area contributed by atoms with Crippen molar-refractivity contribution in [1.82, 2.24) is 9.47 Å². The van der Waals surface area contributed by atoms with Crippen LogP contribution in [-0.2, 0) is 19.4 Å². The van der Waals surface area contributed by atoms with E-state index in [-0.39, 0.29) is 0 Å². The second-order valence-corrected chi connectivity index (χ2v) is 7.04. The van der Waals surface area contributed by atoms with E-state index < -0.39 is 0 Å². The lowest BCUT2D eigenvalue weighted by atomic mass is 9.95. The number of aromatic nitrogens is 1. The molecule has 1 fully saturated rings. The maximum atomic E-state index is 5.70. The molecule has 1 saturated heterocycles. The summed E-state index contributed by atoms with van der Waals surface area (Å²) in [5, 5.41) is 1.43. The number of hydrogen-bond acceptors (Lipinski definition) is 2. The van der Waals surface area contributed by atoms with Gasteiger partial charge in [-0.05, 0) is 63.2 Å². The SMILES string of the molecule is COc1cccc2c3c(n(CCN4CCCCC4)c12)CCCC3. The largest absolute Gasteiger partial charge is 0.495 e. The fourth-order valence-electron chi connectivity index (χ4n) is 4.49. The zero-order valence-electron chi connectivity index (χ0n) is 14.3. The molecule has 3 nitrogen and oxygen atoms in total. The Hall–Kier alpha value is -1.48. The molecule has 2 aliphatic rings. The van der Waals surface area contributed by atoms with Crippen molar-refractivity contribution in [3.05, 3.63) is 29.5 Å². The number of para-hydroxylation sites is 1. The number of rotatable bonds is 4. The smallest absolute Gasteiger partial charge is 0.143 e. The monoisotopic (exact) mass is 312 g/mol. The average molecular weight is 312 g/mol. The van der Waals surface area contributed by atoms with Gasteiger partial charge in [-0.25, -0.2) is 0 Å². The highest BCUT2D eigenvalue weighted by Gasteiger charge is 2.22. The predicted octanol–water partition coefficient (Wildman–Crippen LogP) is 4.01. The molecule has 23 heavy (non-hydrogen) atoms. The molecule has 0 bridgehead atoms. The van der Waals surface area contributed by atoms with Crippen molar-refractivity contribution in [2.45, 2.75) is 51.5 Å². The molecule has 1 aromatic heterocycles. The average Bonchev–Trinajstić information content (AvgIpc) is 2.95. The molecule has 0 atom stereocenters. The summed E-state index contributed by atoms with van der Waals surface area (Å²) in [6.45, 7) is 4.83. The van der Waals surface area contributed by atoms with Crippen LogP contribution in [0.15, 0.2) is 18.2 Å². The summed E-state index contributed by atoms with van der Waals surface area (Å²) in [5.41, 5.74) is 4.50. The predicted molar refractivity (Wildman–Crippen MR) is 95.4 cm³/mol. The van der Waals surface area contributed by atoms with Gasteiger partial charge in [-0.15, -0.1) is 0 Å². The van der Waals surface area contributed by atoms with Gasteiger partial charge >= 0.3 is 0 Å². The van der Waals surface area contributed by atoms with Gasteiger partial charge in [0.25, 0.3) is 0 Å². The van der Waals surface area contributed by atoms with E-state index in [0.29, 0.717) is 0 Å². The molecule has 124 valence electrons. The fraction of sp³-hybridized carbons (Fsp3) is 0.600. The molecule has 4 rings (SSSR count). The van der Waals surface area contributed by atoms with Crippen LogP contribution in [0, 0.1) is 0 Å². The van der Waals surface area contributed by atoms with E-state index in [1.54, 1.807) is 18.4 Å². The third kappa shape index (κ3) is 2.76. The Kier molecular flexibility index (Phi) is 4.30. The van der Waals surface area contributed by atoms with Gasteiger partial charge in [0, 0.05) is 24.2 Å². The maximum absolute atomic E-state index is 5.70. The molecule has 0 amide bonds. The van der Waals surface area contributed by atoms with E-state index in [9.17, 15) is 0 Å². The van der Waals surface area contributed by atoms with E-state index in [4.69, 9.17) is 4.74 Å². The summed E-state index contributed by atoms with van der Waals surface area (Å²) >= 11 is 0. The molecule has 0 unspecified atom stereocenters. The van der Waals surface area contributed by atoms with Crippen molar-refractivity contribution in [3.63, 3.8) is 0 Å². The zero-order chi connectivity index (χ0) is 15.6. The number of methoxy groups -OCH3 is 1. The number of aryl methyl sites for hydroxylation is 1. The van der Waals surface area contributed by atoms with E-state index in [1.165, 1.54) is 75.5 Å². The minimum atomic E-state index is 1.04. The van der Waals surface area contributed by atoms with Crippen LogP contribution in [0.4, 0.5) is 0 Å². The highest BCUT2D eigenvalue weighted by molar-refractivity contribution is 5.90. The fourth-order valence-corrected chi connectivity index (χ4v) is 4.49. The molecule has 2 aromatic rings. The number of hydrogen-bond donors (Lipinski definition) is 0. The molecule has 1 aliphatic carbocycles. The van der Waals surface area contributed by atoms with Crippen LogP contribution >= 0.6 is 0 Å². The zero-order valence-corrected chi connectivity index (χ0v) is 14.3. The molecule has 2 heterocycles. The van der Waals surface area contributed by atoms with Crippen molar-refractivity contribution in [2.24, 2.45) is 0 Å². The van der Waals surface area contributed by atoms with Gasteiger partial charge in [-0.2, -0.15) is 0 Å². The topological polar surface area (TPSA) is 17.4 Å². The number of likely N-dealkylation sites (tertiary alicyclic amines) is 1. The Morgan fingerprint density at radius 3 is 2.61 bits per heavy atom. The van der Waals surface area contributed by atoms with E-state index >= 15 is 0 Å². The third-order valence-electron chi connectivity index (χ3n) is 5.67. The highest BCUT2D eigenvalue weighted by Crippen LogP contribution is 2.36. The van der Waals surface area contributed by atoms with Gasteiger partial charge in [0.2, 0.25) is 0 Å². The number of fused-ring (bicyclic) bond motifs is 3. The summed E-state index contributed by atoms with van der Waals surface area (Å²) in [4.78, 5) is 2.64. The standard InChI is InChI=1S/C20H28N2O/c1-23-19-11-7-9-17-16-8-3-4-10-18(16)22(20(17)19)15-14-21-12-5-2-6-13-21/h7,9,11H,2-6,8,10,12-15H2,1H3. The Balaban J connectivity index is 1.71. The first-order chi connectivity index (χ1) is 11.4. The summed E-state index contributed by atoms with van der Waals surface area (Å²) in [6.07, 6.45) is 9.27. The van der Waals surface area contributed by atoms with E-state index in [0.717, 1.165) is 12.3 Å².